The molecule has 1 spiro atoms. The van der Waals surface area contributed by atoms with Crippen LogP contribution in [0.1, 0.15) is 64.2 Å². The van der Waals surface area contributed by atoms with Gasteiger partial charge in [0.25, 0.3) is 0 Å². The fraction of sp³-hybridized carbons (Fsp3) is 0.812. The van der Waals surface area contributed by atoms with Crippen molar-refractivity contribution in [2.45, 2.75) is 70.3 Å². The van der Waals surface area contributed by atoms with E-state index in [1.54, 1.807) is 0 Å². The largest absolute Gasteiger partial charge is 0.481 e. The summed E-state index contributed by atoms with van der Waals surface area (Å²) in [4.78, 5) is 37.7. The van der Waals surface area contributed by atoms with Crippen molar-refractivity contribution in [2.75, 3.05) is 0 Å². The van der Waals surface area contributed by atoms with Crippen LogP contribution in [0.3, 0.4) is 0 Å². The molecule has 116 valence electrons. The molecule has 0 radical (unpaired) electrons. The zero-order chi connectivity index (χ0) is 15.0. The molecular weight excluding hydrogens is 270 g/mol. The first-order valence-electron chi connectivity index (χ1n) is 8.10. The van der Waals surface area contributed by atoms with Gasteiger partial charge in [-0.3, -0.25) is 19.3 Å². The Bertz CT molecular complexity index is 447. The first kappa shape index (κ1) is 14.5. The van der Waals surface area contributed by atoms with Crippen molar-refractivity contribution in [3.8, 4) is 0 Å². The van der Waals surface area contributed by atoms with Crippen molar-refractivity contribution < 1.29 is 19.5 Å². The molecule has 3 fully saturated rings. The van der Waals surface area contributed by atoms with Gasteiger partial charge in [-0.2, -0.15) is 0 Å². The Morgan fingerprint density at radius 3 is 2.19 bits per heavy atom. The van der Waals surface area contributed by atoms with Crippen molar-refractivity contribution in [1.29, 1.82) is 0 Å². The average molecular weight is 293 g/mol. The van der Waals surface area contributed by atoms with Crippen LogP contribution >= 0.6 is 0 Å². The van der Waals surface area contributed by atoms with Crippen LogP contribution in [0.25, 0.3) is 0 Å². The molecule has 3 aliphatic rings. The van der Waals surface area contributed by atoms with Crippen molar-refractivity contribution in [2.24, 2.45) is 11.3 Å². The predicted octanol–water partition coefficient (Wildman–Crippen LogP) is 2.34. The van der Waals surface area contributed by atoms with Gasteiger partial charge in [0.2, 0.25) is 11.8 Å². The SMILES string of the molecule is O=C(O)C1CCCC1N1C(=O)CC2(CCCCC2)CC1=O. The molecule has 0 bridgehead atoms. The number of imide groups is 1. The summed E-state index contributed by atoms with van der Waals surface area (Å²) in [5.74, 6) is -1.72. The van der Waals surface area contributed by atoms with Gasteiger partial charge < -0.3 is 5.11 Å². The summed E-state index contributed by atoms with van der Waals surface area (Å²) < 4.78 is 0. The Labute approximate surface area is 124 Å². The van der Waals surface area contributed by atoms with Gasteiger partial charge in [0, 0.05) is 12.8 Å². The highest BCUT2D eigenvalue weighted by Gasteiger charge is 2.49. The number of aliphatic carboxylic acids is 1. The lowest BCUT2D eigenvalue weighted by atomic mass is 9.67. The second-order valence-electron chi connectivity index (χ2n) is 7.01. The average Bonchev–Trinajstić information content (AvgIpc) is 2.87. The van der Waals surface area contributed by atoms with Crippen LogP contribution in [0.2, 0.25) is 0 Å². The number of amides is 2. The molecule has 3 rings (SSSR count). The quantitative estimate of drug-likeness (QED) is 0.793. The Balaban J connectivity index is 1.77. The van der Waals surface area contributed by atoms with Gasteiger partial charge in [-0.05, 0) is 31.1 Å². The second kappa shape index (κ2) is 5.43. The topological polar surface area (TPSA) is 74.7 Å². The van der Waals surface area contributed by atoms with Crippen LogP contribution in [-0.2, 0) is 14.4 Å². The molecule has 2 aliphatic carbocycles. The molecule has 1 aliphatic heterocycles. The fourth-order valence-electron chi connectivity index (χ4n) is 4.58. The Morgan fingerprint density at radius 1 is 1.00 bits per heavy atom. The molecule has 2 amide bonds. The maximum Gasteiger partial charge on any atom is 0.308 e. The standard InChI is InChI=1S/C16H23NO4/c18-13-9-16(7-2-1-3-8-16)10-14(19)17(13)12-6-4-5-11(12)15(20)21/h11-12H,1-10H2,(H,20,21). The van der Waals surface area contributed by atoms with Crippen LogP contribution in [-0.4, -0.2) is 33.8 Å². The van der Waals surface area contributed by atoms with E-state index in [0.717, 1.165) is 32.1 Å². The highest BCUT2D eigenvalue weighted by molar-refractivity contribution is 5.99. The molecule has 1 saturated heterocycles. The lowest BCUT2D eigenvalue weighted by Crippen LogP contribution is -2.54. The lowest BCUT2D eigenvalue weighted by molar-refractivity contribution is -0.160. The number of carbonyl (C=O) groups is 3. The van der Waals surface area contributed by atoms with Gasteiger partial charge in [0.1, 0.15) is 0 Å². The van der Waals surface area contributed by atoms with Crippen LogP contribution in [0.4, 0.5) is 0 Å². The third-order valence-corrected chi connectivity index (χ3v) is 5.63. The summed E-state index contributed by atoms with van der Waals surface area (Å²) in [5.41, 5.74) is -0.125. The first-order chi connectivity index (χ1) is 10.0. The molecule has 1 N–H and O–H groups in total. The Morgan fingerprint density at radius 2 is 1.62 bits per heavy atom. The van der Waals surface area contributed by atoms with Gasteiger partial charge in [0.15, 0.2) is 0 Å². The van der Waals surface area contributed by atoms with E-state index >= 15 is 0 Å². The summed E-state index contributed by atoms with van der Waals surface area (Å²) in [6.07, 6.45) is 8.17. The number of rotatable bonds is 2. The summed E-state index contributed by atoms with van der Waals surface area (Å²) >= 11 is 0. The molecule has 0 aromatic carbocycles. The smallest absolute Gasteiger partial charge is 0.308 e. The van der Waals surface area contributed by atoms with E-state index in [4.69, 9.17) is 0 Å². The van der Waals surface area contributed by atoms with Crippen molar-refractivity contribution in [3.63, 3.8) is 0 Å². The number of nitrogens with zero attached hydrogens (tertiary/aromatic N) is 1. The third kappa shape index (κ3) is 2.58. The van der Waals surface area contributed by atoms with E-state index in [9.17, 15) is 19.5 Å². The van der Waals surface area contributed by atoms with Crippen LogP contribution < -0.4 is 0 Å². The van der Waals surface area contributed by atoms with E-state index in [-0.39, 0.29) is 17.2 Å². The fourth-order valence-corrected chi connectivity index (χ4v) is 4.58. The van der Waals surface area contributed by atoms with Crippen LogP contribution in [0, 0.1) is 11.3 Å². The molecular formula is C16H23NO4. The van der Waals surface area contributed by atoms with Gasteiger partial charge in [-0.1, -0.05) is 25.7 Å². The van der Waals surface area contributed by atoms with Gasteiger partial charge in [-0.25, -0.2) is 0 Å². The molecule has 2 atom stereocenters. The number of carboxylic acid groups (broad SMARTS) is 1. The number of hydrogen-bond acceptors (Lipinski definition) is 3. The Hall–Kier alpha value is -1.39. The molecule has 1 heterocycles. The van der Waals surface area contributed by atoms with E-state index in [1.165, 1.54) is 11.3 Å². The molecule has 21 heavy (non-hydrogen) atoms. The molecule has 5 nitrogen and oxygen atoms in total. The minimum Gasteiger partial charge on any atom is -0.481 e. The monoisotopic (exact) mass is 293 g/mol. The van der Waals surface area contributed by atoms with E-state index in [1.807, 2.05) is 0 Å². The van der Waals surface area contributed by atoms with E-state index in [0.29, 0.717) is 25.7 Å². The predicted molar refractivity (Wildman–Crippen MR) is 75.4 cm³/mol. The number of likely N-dealkylation sites (tertiary alicyclic amines) is 1. The number of carbonyl (C=O) groups excluding carboxylic acids is 2. The zero-order valence-corrected chi connectivity index (χ0v) is 12.3. The molecule has 5 heteroatoms. The van der Waals surface area contributed by atoms with Gasteiger partial charge >= 0.3 is 5.97 Å². The van der Waals surface area contributed by atoms with Crippen molar-refractivity contribution in [3.05, 3.63) is 0 Å². The van der Waals surface area contributed by atoms with Crippen molar-refractivity contribution in [1.82, 2.24) is 4.90 Å². The number of carboxylic acids is 1. The lowest BCUT2D eigenvalue weighted by Gasteiger charge is -2.44. The normalized spacial score (nSPS) is 32.7. The maximum absolute atomic E-state index is 12.5. The highest BCUT2D eigenvalue weighted by atomic mass is 16.4. The highest BCUT2D eigenvalue weighted by Crippen LogP contribution is 2.46. The van der Waals surface area contributed by atoms with Crippen LogP contribution in [0.15, 0.2) is 0 Å². The summed E-state index contributed by atoms with van der Waals surface area (Å²) in [6, 6.07) is -0.413. The summed E-state index contributed by atoms with van der Waals surface area (Å²) in [5, 5.41) is 9.28. The van der Waals surface area contributed by atoms with Gasteiger partial charge in [-0.15, -0.1) is 0 Å². The summed E-state index contributed by atoms with van der Waals surface area (Å²) in [6.45, 7) is 0. The second-order valence-corrected chi connectivity index (χ2v) is 7.01. The van der Waals surface area contributed by atoms with E-state index in [2.05, 4.69) is 0 Å². The molecule has 2 saturated carbocycles. The zero-order valence-electron chi connectivity index (χ0n) is 12.3. The molecule has 0 aromatic rings. The number of piperidine rings is 1. The molecule has 0 aromatic heterocycles. The maximum atomic E-state index is 12.5. The van der Waals surface area contributed by atoms with E-state index < -0.39 is 17.9 Å². The number of hydrogen-bond donors (Lipinski definition) is 1. The van der Waals surface area contributed by atoms with Crippen molar-refractivity contribution >= 4 is 17.8 Å². The Kier molecular flexibility index (Phi) is 3.76. The minimum absolute atomic E-state index is 0.125. The van der Waals surface area contributed by atoms with Crippen LogP contribution in [0.5, 0.6) is 0 Å². The molecule has 2 unspecified atom stereocenters. The first-order valence-corrected chi connectivity index (χ1v) is 8.10. The minimum atomic E-state index is -0.879. The third-order valence-electron chi connectivity index (χ3n) is 5.63. The van der Waals surface area contributed by atoms with Gasteiger partial charge in [0.05, 0.1) is 12.0 Å². The summed E-state index contributed by atoms with van der Waals surface area (Å²) in [7, 11) is 0.